The number of ether oxygens (including phenoxy) is 3. The lowest BCUT2D eigenvalue weighted by molar-refractivity contribution is -0.158. The molecule has 1 heterocycles. The van der Waals surface area contributed by atoms with Crippen LogP contribution < -0.4 is 0 Å². The Bertz CT molecular complexity index is 390. The predicted octanol–water partition coefficient (Wildman–Crippen LogP) is 2.79. The van der Waals surface area contributed by atoms with Gasteiger partial charge in [-0.3, -0.25) is 4.79 Å². The van der Waals surface area contributed by atoms with Crippen molar-refractivity contribution in [3.05, 3.63) is 11.6 Å². The van der Waals surface area contributed by atoms with Gasteiger partial charge >= 0.3 is 5.97 Å². The molecule has 2 atom stereocenters. The van der Waals surface area contributed by atoms with Crippen LogP contribution in [-0.4, -0.2) is 41.7 Å². The molecule has 0 amide bonds. The Morgan fingerprint density at radius 1 is 1.53 bits per heavy atom. The molecular formula is C13H18Br2O4. The first kappa shape index (κ1) is 15.5. The quantitative estimate of drug-likeness (QED) is 0.417. The van der Waals surface area contributed by atoms with E-state index in [-0.39, 0.29) is 10.8 Å². The van der Waals surface area contributed by atoms with Crippen LogP contribution in [0.2, 0.25) is 0 Å². The molecule has 0 aromatic carbocycles. The third-order valence-corrected chi connectivity index (χ3v) is 5.28. The minimum absolute atomic E-state index is 0.0697. The molecule has 1 aliphatic heterocycles. The first-order valence-corrected chi connectivity index (χ1v) is 8.39. The SMILES string of the molecule is CCOC(=O)C1(C)CC(Br)C2(C=C1CBr)OCCO2. The van der Waals surface area contributed by atoms with Gasteiger partial charge in [0.05, 0.1) is 30.1 Å². The molecule has 6 heteroatoms. The van der Waals surface area contributed by atoms with Crippen LogP contribution in [0, 0.1) is 5.41 Å². The fourth-order valence-electron chi connectivity index (χ4n) is 2.52. The van der Waals surface area contributed by atoms with Gasteiger partial charge in [-0.1, -0.05) is 31.9 Å². The second kappa shape index (κ2) is 5.84. The molecule has 0 N–H and O–H groups in total. The normalized spacial score (nSPS) is 33.3. The Balaban J connectivity index is 2.35. The average Bonchev–Trinajstić information content (AvgIpc) is 2.84. The summed E-state index contributed by atoms with van der Waals surface area (Å²) in [6.07, 6.45) is 2.51. The van der Waals surface area contributed by atoms with Gasteiger partial charge in [-0.2, -0.15) is 0 Å². The van der Waals surface area contributed by atoms with Crippen molar-refractivity contribution in [2.45, 2.75) is 30.9 Å². The fraction of sp³-hybridized carbons (Fsp3) is 0.769. The van der Waals surface area contributed by atoms with Gasteiger partial charge in [0, 0.05) is 5.33 Å². The molecule has 0 radical (unpaired) electrons. The number of carbonyl (C=O) groups excluding carboxylic acids is 1. The van der Waals surface area contributed by atoms with E-state index in [9.17, 15) is 4.79 Å². The largest absolute Gasteiger partial charge is 0.465 e. The first-order valence-electron chi connectivity index (χ1n) is 6.36. The van der Waals surface area contributed by atoms with Gasteiger partial charge in [-0.05, 0) is 31.9 Å². The van der Waals surface area contributed by atoms with Gasteiger partial charge in [0.1, 0.15) is 0 Å². The maximum atomic E-state index is 12.3. The van der Waals surface area contributed by atoms with Gasteiger partial charge in [0.2, 0.25) is 5.79 Å². The highest BCUT2D eigenvalue weighted by Gasteiger charge is 2.53. The highest BCUT2D eigenvalue weighted by Crippen LogP contribution is 2.48. The number of alkyl halides is 2. The van der Waals surface area contributed by atoms with Crippen molar-refractivity contribution in [2.75, 3.05) is 25.2 Å². The molecule has 0 saturated carbocycles. The number of hydrogen-bond acceptors (Lipinski definition) is 4. The van der Waals surface area contributed by atoms with Crippen molar-refractivity contribution in [3.8, 4) is 0 Å². The van der Waals surface area contributed by atoms with E-state index in [0.29, 0.717) is 31.6 Å². The highest BCUT2D eigenvalue weighted by molar-refractivity contribution is 9.09. The van der Waals surface area contributed by atoms with Gasteiger partial charge < -0.3 is 14.2 Å². The van der Waals surface area contributed by atoms with Crippen molar-refractivity contribution < 1.29 is 19.0 Å². The highest BCUT2D eigenvalue weighted by atomic mass is 79.9. The molecule has 0 aromatic heterocycles. The van der Waals surface area contributed by atoms with E-state index in [0.717, 1.165) is 5.57 Å². The summed E-state index contributed by atoms with van der Waals surface area (Å²) in [7, 11) is 0. The number of rotatable bonds is 3. The van der Waals surface area contributed by atoms with Gasteiger partial charge in [0.15, 0.2) is 0 Å². The first-order chi connectivity index (χ1) is 8.98. The van der Waals surface area contributed by atoms with Crippen molar-refractivity contribution in [1.82, 2.24) is 0 Å². The minimum atomic E-state index is -0.741. The fourth-order valence-corrected chi connectivity index (χ4v) is 4.35. The summed E-state index contributed by atoms with van der Waals surface area (Å²) >= 11 is 7.06. The summed E-state index contributed by atoms with van der Waals surface area (Å²) in [5, 5.41) is 0.594. The number of halogens is 2. The molecule has 2 aliphatic rings. The van der Waals surface area contributed by atoms with E-state index in [1.165, 1.54) is 0 Å². The zero-order valence-electron chi connectivity index (χ0n) is 11.1. The van der Waals surface area contributed by atoms with Crippen LogP contribution in [0.1, 0.15) is 20.3 Å². The van der Waals surface area contributed by atoms with E-state index in [2.05, 4.69) is 31.9 Å². The Hall–Kier alpha value is 0.0900. The lowest BCUT2D eigenvalue weighted by Gasteiger charge is -2.42. The molecule has 1 saturated heterocycles. The van der Waals surface area contributed by atoms with Crippen LogP contribution in [0.15, 0.2) is 11.6 Å². The summed E-state index contributed by atoms with van der Waals surface area (Å²) in [6, 6.07) is 0. The second-order valence-corrected chi connectivity index (χ2v) is 6.61. The lowest BCUT2D eigenvalue weighted by Crippen LogP contribution is -2.49. The molecule has 1 spiro atoms. The van der Waals surface area contributed by atoms with Gasteiger partial charge in [0.25, 0.3) is 0 Å². The molecule has 0 bridgehead atoms. The van der Waals surface area contributed by atoms with Crippen LogP contribution in [-0.2, 0) is 19.0 Å². The molecular weight excluding hydrogens is 380 g/mol. The zero-order chi connectivity index (χ0) is 14.1. The minimum Gasteiger partial charge on any atom is -0.465 e. The van der Waals surface area contributed by atoms with Crippen LogP contribution in [0.3, 0.4) is 0 Å². The van der Waals surface area contributed by atoms with Crippen LogP contribution in [0.4, 0.5) is 0 Å². The van der Waals surface area contributed by atoms with Crippen LogP contribution in [0.5, 0.6) is 0 Å². The number of esters is 1. The van der Waals surface area contributed by atoms with Gasteiger partial charge in [-0.25, -0.2) is 0 Å². The molecule has 4 nitrogen and oxygen atoms in total. The van der Waals surface area contributed by atoms with E-state index >= 15 is 0 Å². The Labute approximate surface area is 130 Å². The van der Waals surface area contributed by atoms with E-state index < -0.39 is 11.2 Å². The maximum Gasteiger partial charge on any atom is 0.315 e. The number of carbonyl (C=O) groups is 1. The summed E-state index contributed by atoms with van der Waals surface area (Å²) in [5.74, 6) is -0.937. The standard InChI is InChI=1S/C13H18Br2O4/c1-3-17-11(16)12(2)7-10(15)13(6-9(12)8-14)18-4-5-19-13/h6,10H,3-5,7-8H2,1-2H3. The van der Waals surface area contributed by atoms with Gasteiger partial charge in [-0.15, -0.1) is 0 Å². The third-order valence-electron chi connectivity index (χ3n) is 3.72. The molecule has 1 fully saturated rings. The Morgan fingerprint density at radius 2 is 2.16 bits per heavy atom. The van der Waals surface area contributed by atoms with Crippen molar-refractivity contribution >= 4 is 37.8 Å². The van der Waals surface area contributed by atoms with Crippen molar-refractivity contribution in [3.63, 3.8) is 0 Å². The summed E-state index contributed by atoms with van der Waals surface area (Å²) in [4.78, 5) is 12.2. The molecule has 108 valence electrons. The predicted molar refractivity (Wildman–Crippen MR) is 78.6 cm³/mol. The lowest BCUT2D eigenvalue weighted by atomic mass is 9.73. The average molecular weight is 398 g/mol. The summed E-state index contributed by atoms with van der Waals surface area (Å²) in [5.41, 5.74) is 0.303. The topological polar surface area (TPSA) is 44.8 Å². The smallest absolute Gasteiger partial charge is 0.315 e. The van der Waals surface area contributed by atoms with Crippen molar-refractivity contribution in [1.29, 1.82) is 0 Å². The monoisotopic (exact) mass is 396 g/mol. The number of hydrogen-bond donors (Lipinski definition) is 0. The Morgan fingerprint density at radius 3 is 2.68 bits per heavy atom. The molecule has 19 heavy (non-hydrogen) atoms. The Kier molecular flexibility index (Phi) is 4.75. The molecule has 0 aromatic rings. The molecule has 1 aliphatic carbocycles. The third kappa shape index (κ3) is 2.64. The molecule has 2 unspecified atom stereocenters. The summed E-state index contributed by atoms with van der Waals surface area (Å²) < 4.78 is 16.7. The summed E-state index contributed by atoms with van der Waals surface area (Å²) in [6.45, 7) is 5.26. The van der Waals surface area contributed by atoms with Crippen molar-refractivity contribution in [2.24, 2.45) is 5.41 Å². The van der Waals surface area contributed by atoms with Crippen LogP contribution in [0.25, 0.3) is 0 Å². The van der Waals surface area contributed by atoms with Crippen LogP contribution >= 0.6 is 31.9 Å². The van der Waals surface area contributed by atoms with E-state index in [4.69, 9.17) is 14.2 Å². The second-order valence-electron chi connectivity index (χ2n) is 4.95. The zero-order valence-corrected chi connectivity index (χ0v) is 14.3. The molecule has 2 rings (SSSR count). The van der Waals surface area contributed by atoms with E-state index in [1.54, 1.807) is 0 Å². The maximum absolute atomic E-state index is 12.3. The van der Waals surface area contributed by atoms with E-state index in [1.807, 2.05) is 19.9 Å².